The summed E-state index contributed by atoms with van der Waals surface area (Å²) in [6.45, 7) is 7.90. The Labute approximate surface area is 122 Å². The van der Waals surface area contributed by atoms with Crippen LogP contribution in [0.2, 0.25) is 0 Å². The Morgan fingerprint density at radius 2 is 1.95 bits per heavy atom. The average Bonchev–Trinajstić information content (AvgIpc) is 2.77. The summed E-state index contributed by atoms with van der Waals surface area (Å²) in [5.41, 5.74) is 2.44. The van der Waals surface area contributed by atoms with Crippen LogP contribution >= 0.6 is 0 Å². The van der Waals surface area contributed by atoms with Crippen LogP contribution in [-0.4, -0.2) is 23.9 Å². The molecule has 110 valence electrons. The van der Waals surface area contributed by atoms with E-state index < -0.39 is 0 Å². The van der Waals surface area contributed by atoms with Gasteiger partial charge in [0.25, 0.3) is 0 Å². The van der Waals surface area contributed by atoms with Crippen LogP contribution in [0.15, 0.2) is 24.3 Å². The molecule has 1 saturated heterocycles. The molecule has 3 heteroatoms. The Bertz CT molecular complexity index is 439. The first-order valence-electron chi connectivity index (χ1n) is 7.67. The first-order chi connectivity index (χ1) is 9.58. The van der Waals surface area contributed by atoms with Gasteiger partial charge in [0.2, 0.25) is 5.91 Å². The van der Waals surface area contributed by atoms with Crippen molar-refractivity contribution < 1.29 is 4.79 Å². The summed E-state index contributed by atoms with van der Waals surface area (Å²) >= 11 is 0. The minimum Gasteiger partial charge on any atom is -0.322 e. The van der Waals surface area contributed by atoms with Crippen molar-refractivity contribution in [1.82, 2.24) is 10.2 Å². The van der Waals surface area contributed by atoms with Crippen LogP contribution < -0.4 is 5.32 Å². The molecule has 1 aromatic carbocycles. The lowest BCUT2D eigenvalue weighted by atomic mass is 10.1. The Morgan fingerprint density at radius 1 is 1.25 bits per heavy atom. The number of benzene rings is 1. The maximum atomic E-state index is 12.0. The van der Waals surface area contributed by atoms with Gasteiger partial charge < -0.3 is 4.90 Å². The SMILES string of the molecule is Cc1ccc(C2NCC(=O)N2CCCCC(C)C)cc1. The van der Waals surface area contributed by atoms with Gasteiger partial charge in [0.1, 0.15) is 6.17 Å². The van der Waals surface area contributed by atoms with Crippen LogP contribution in [0.4, 0.5) is 0 Å². The molecule has 0 radical (unpaired) electrons. The molecule has 1 aliphatic rings. The largest absolute Gasteiger partial charge is 0.322 e. The third kappa shape index (κ3) is 3.83. The van der Waals surface area contributed by atoms with Crippen molar-refractivity contribution in [2.24, 2.45) is 5.92 Å². The van der Waals surface area contributed by atoms with Crippen molar-refractivity contribution in [3.63, 3.8) is 0 Å². The van der Waals surface area contributed by atoms with Crippen LogP contribution in [0.3, 0.4) is 0 Å². The number of amides is 1. The van der Waals surface area contributed by atoms with Crippen molar-refractivity contribution in [2.45, 2.75) is 46.2 Å². The summed E-state index contributed by atoms with van der Waals surface area (Å²) in [6.07, 6.45) is 3.59. The normalized spacial score (nSPS) is 19.1. The van der Waals surface area contributed by atoms with Gasteiger partial charge in [-0.15, -0.1) is 0 Å². The Hall–Kier alpha value is -1.35. The highest BCUT2D eigenvalue weighted by Gasteiger charge is 2.30. The number of hydrogen-bond acceptors (Lipinski definition) is 2. The highest BCUT2D eigenvalue weighted by molar-refractivity contribution is 5.80. The summed E-state index contributed by atoms with van der Waals surface area (Å²) in [5, 5.41) is 3.32. The second-order valence-electron chi connectivity index (χ2n) is 6.17. The van der Waals surface area contributed by atoms with Crippen LogP contribution in [0, 0.1) is 12.8 Å². The monoisotopic (exact) mass is 274 g/mol. The van der Waals surface area contributed by atoms with E-state index in [1.165, 1.54) is 24.0 Å². The molecule has 1 atom stereocenters. The maximum absolute atomic E-state index is 12.0. The van der Waals surface area contributed by atoms with Gasteiger partial charge in [-0.05, 0) is 24.8 Å². The number of rotatable bonds is 6. The fraction of sp³-hybridized carbons (Fsp3) is 0.588. The Balaban J connectivity index is 1.94. The Morgan fingerprint density at radius 3 is 2.60 bits per heavy atom. The predicted octanol–water partition coefficient (Wildman–Crippen LogP) is 3.25. The number of aryl methyl sites for hydroxylation is 1. The van der Waals surface area contributed by atoms with Gasteiger partial charge in [-0.3, -0.25) is 10.1 Å². The fourth-order valence-corrected chi connectivity index (χ4v) is 2.67. The van der Waals surface area contributed by atoms with Gasteiger partial charge >= 0.3 is 0 Å². The molecule has 1 amide bonds. The smallest absolute Gasteiger partial charge is 0.238 e. The number of unbranched alkanes of at least 4 members (excludes halogenated alkanes) is 1. The number of nitrogens with zero attached hydrogens (tertiary/aromatic N) is 1. The minimum atomic E-state index is 0.0575. The van der Waals surface area contributed by atoms with Crippen LogP contribution in [0.1, 0.15) is 50.4 Å². The molecule has 0 spiro atoms. The number of nitrogens with one attached hydrogen (secondary N) is 1. The molecule has 0 aromatic heterocycles. The molecular formula is C17H26N2O. The quantitative estimate of drug-likeness (QED) is 0.808. The van der Waals surface area contributed by atoms with E-state index in [4.69, 9.17) is 0 Å². The third-order valence-electron chi connectivity index (χ3n) is 3.90. The van der Waals surface area contributed by atoms with Gasteiger partial charge in [0.15, 0.2) is 0 Å². The molecule has 0 saturated carbocycles. The van der Waals surface area contributed by atoms with Crippen LogP contribution in [0.25, 0.3) is 0 Å². The molecule has 2 rings (SSSR count). The molecule has 0 bridgehead atoms. The molecule has 1 heterocycles. The topological polar surface area (TPSA) is 32.3 Å². The van der Waals surface area contributed by atoms with Crippen molar-refractivity contribution in [1.29, 1.82) is 0 Å². The van der Waals surface area contributed by atoms with Gasteiger partial charge in [-0.2, -0.15) is 0 Å². The predicted molar refractivity (Wildman–Crippen MR) is 82.3 cm³/mol. The zero-order chi connectivity index (χ0) is 14.5. The summed E-state index contributed by atoms with van der Waals surface area (Å²) in [5.74, 6) is 0.968. The zero-order valence-electron chi connectivity index (χ0n) is 12.9. The van der Waals surface area contributed by atoms with Crippen molar-refractivity contribution >= 4 is 5.91 Å². The third-order valence-corrected chi connectivity index (χ3v) is 3.90. The highest BCUT2D eigenvalue weighted by atomic mass is 16.2. The fourth-order valence-electron chi connectivity index (χ4n) is 2.67. The van der Waals surface area contributed by atoms with E-state index in [0.717, 1.165) is 18.9 Å². The molecule has 1 unspecified atom stereocenters. The summed E-state index contributed by atoms with van der Waals surface area (Å²) in [6, 6.07) is 8.45. The minimum absolute atomic E-state index is 0.0575. The zero-order valence-corrected chi connectivity index (χ0v) is 12.9. The van der Waals surface area contributed by atoms with Crippen molar-refractivity contribution in [3.8, 4) is 0 Å². The van der Waals surface area contributed by atoms with Gasteiger partial charge in [0, 0.05) is 6.54 Å². The standard InChI is InChI=1S/C17H26N2O/c1-13(2)6-4-5-11-19-16(20)12-18-17(19)15-9-7-14(3)8-10-15/h7-10,13,17-18H,4-6,11-12H2,1-3H3. The summed E-state index contributed by atoms with van der Waals surface area (Å²) in [7, 11) is 0. The molecular weight excluding hydrogens is 248 g/mol. The number of hydrogen-bond donors (Lipinski definition) is 1. The lowest BCUT2D eigenvalue weighted by molar-refractivity contribution is -0.128. The van der Waals surface area contributed by atoms with E-state index >= 15 is 0 Å². The molecule has 1 aromatic rings. The van der Waals surface area contributed by atoms with E-state index in [9.17, 15) is 4.79 Å². The molecule has 1 N–H and O–H groups in total. The van der Waals surface area contributed by atoms with E-state index in [2.05, 4.69) is 50.4 Å². The molecule has 0 aliphatic carbocycles. The highest BCUT2D eigenvalue weighted by Crippen LogP contribution is 2.23. The average molecular weight is 274 g/mol. The first kappa shape index (κ1) is 15.0. The van der Waals surface area contributed by atoms with Gasteiger partial charge in [-0.1, -0.05) is 56.5 Å². The molecule has 1 fully saturated rings. The first-order valence-corrected chi connectivity index (χ1v) is 7.67. The van der Waals surface area contributed by atoms with E-state index in [1.54, 1.807) is 0 Å². The van der Waals surface area contributed by atoms with E-state index in [-0.39, 0.29) is 12.1 Å². The second kappa shape index (κ2) is 6.89. The molecule has 20 heavy (non-hydrogen) atoms. The number of carbonyl (C=O) groups excluding carboxylic acids is 1. The second-order valence-corrected chi connectivity index (χ2v) is 6.17. The number of carbonyl (C=O) groups is 1. The van der Waals surface area contributed by atoms with Crippen LogP contribution in [0.5, 0.6) is 0 Å². The van der Waals surface area contributed by atoms with Gasteiger partial charge in [-0.25, -0.2) is 0 Å². The lowest BCUT2D eigenvalue weighted by Gasteiger charge is -2.25. The van der Waals surface area contributed by atoms with Crippen molar-refractivity contribution in [3.05, 3.63) is 35.4 Å². The summed E-state index contributed by atoms with van der Waals surface area (Å²) in [4.78, 5) is 14.0. The van der Waals surface area contributed by atoms with Crippen molar-refractivity contribution in [2.75, 3.05) is 13.1 Å². The van der Waals surface area contributed by atoms with E-state index in [0.29, 0.717) is 6.54 Å². The molecule has 3 nitrogen and oxygen atoms in total. The van der Waals surface area contributed by atoms with E-state index in [1.807, 2.05) is 4.90 Å². The molecule has 1 aliphatic heterocycles. The van der Waals surface area contributed by atoms with Gasteiger partial charge in [0.05, 0.1) is 6.54 Å². The van der Waals surface area contributed by atoms with Crippen LogP contribution in [-0.2, 0) is 4.79 Å². The lowest BCUT2D eigenvalue weighted by Crippen LogP contribution is -2.31. The Kier molecular flexibility index (Phi) is 5.18. The summed E-state index contributed by atoms with van der Waals surface area (Å²) < 4.78 is 0. The maximum Gasteiger partial charge on any atom is 0.238 e.